The largest absolute Gasteiger partial charge is 0.469 e. The molecule has 0 rings (SSSR count). The van der Waals surface area contributed by atoms with Crippen LogP contribution in [0.4, 0.5) is 0 Å². The molecule has 0 aliphatic heterocycles. The topological polar surface area (TPSA) is 52.6 Å². The van der Waals surface area contributed by atoms with Gasteiger partial charge in [0.2, 0.25) is 0 Å². The lowest BCUT2D eigenvalue weighted by atomic mass is 9.90. The van der Waals surface area contributed by atoms with Gasteiger partial charge in [0.1, 0.15) is 0 Å². The monoisotopic (exact) mass is 342 g/mol. The molecule has 0 aliphatic carbocycles. The van der Waals surface area contributed by atoms with Crippen molar-refractivity contribution in [2.45, 2.75) is 90.9 Å². The fourth-order valence-corrected chi connectivity index (χ4v) is 3.02. The number of carbonyl (C=O) groups is 2. The second-order valence-electron chi connectivity index (χ2n) is 7.02. The van der Waals surface area contributed by atoms with Gasteiger partial charge in [0, 0.05) is 6.42 Å². The Bertz CT molecular complexity index is 326. The maximum absolute atomic E-state index is 11.7. The summed E-state index contributed by atoms with van der Waals surface area (Å²) in [5.74, 6) is 0.260. The minimum Gasteiger partial charge on any atom is -0.469 e. The first-order valence-corrected chi connectivity index (χ1v) is 9.67. The highest BCUT2D eigenvalue weighted by atomic mass is 16.5. The van der Waals surface area contributed by atoms with Crippen LogP contribution in [0.5, 0.6) is 0 Å². The van der Waals surface area contributed by atoms with E-state index in [1.54, 1.807) is 0 Å². The Morgan fingerprint density at radius 2 is 1.17 bits per heavy atom. The molecule has 0 aliphatic rings. The van der Waals surface area contributed by atoms with Gasteiger partial charge in [0.15, 0.2) is 0 Å². The van der Waals surface area contributed by atoms with Crippen LogP contribution in [0.2, 0.25) is 0 Å². The molecule has 0 saturated heterocycles. The molecule has 142 valence electrons. The van der Waals surface area contributed by atoms with Gasteiger partial charge >= 0.3 is 11.9 Å². The molecule has 0 spiro atoms. The van der Waals surface area contributed by atoms with Crippen LogP contribution in [0.25, 0.3) is 0 Å². The Balaban J connectivity index is 3.39. The van der Waals surface area contributed by atoms with Crippen molar-refractivity contribution in [3.8, 4) is 0 Å². The Hall–Kier alpha value is -1.06. The third-order valence-electron chi connectivity index (χ3n) is 4.68. The van der Waals surface area contributed by atoms with E-state index in [2.05, 4.69) is 18.6 Å². The lowest BCUT2D eigenvalue weighted by molar-refractivity contribution is -0.147. The number of carbonyl (C=O) groups excluding carboxylic acids is 2. The molecule has 0 bridgehead atoms. The van der Waals surface area contributed by atoms with Gasteiger partial charge in [0.25, 0.3) is 0 Å². The van der Waals surface area contributed by atoms with Crippen LogP contribution in [0.1, 0.15) is 90.9 Å². The predicted molar refractivity (Wildman–Crippen MR) is 97.8 cm³/mol. The first-order valence-electron chi connectivity index (χ1n) is 9.67. The van der Waals surface area contributed by atoms with Gasteiger partial charge in [-0.2, -0.15) is 0 Å². The van der Waals surface area contributed by atoms with Crippen molar-refractivity contribution < 1.29 is 19.1 Å². The smallest absolute Gasteiger partial charge is 0.308 e. The van der Waals surface area contributed by atoms with Crippen molar-refractivity contribution in [2.75, 3.05) is 14.2 Å². The van der Waals surface area contributed by atoms with Crippen LogP contribution < -0.4 is 0 Å². The van der Waals surface area contributed by atoms with Crippen LogP contribution in [-0.2, 0) is 19.1 Å². The van der Waals surface area contributed by atoms with Crippen LogP contribution >= 0.6 is 0 Å². The van der Waals surface area contributed by atoms with E-state index >= 15 is 0 Å². The molecular weight excluding hydrogens is 304 g/mol. The Labute approximate surface area is 148 Å². The molecule has 4 nitrogen and oxygen atoms in total. The molecule has 1 atom stereocenters. The quantitative estimate of drug-likeness (QED) is 0.300. The van der Waals surface area contributed by atoms with Crippen molar-refractivity contribution in [3.63, 3.8) is 0 Å². The molecule has 0 aromatic rings. The van der Waals surface area contributed by atoms with E-state index in [4.69, 9.17) is 4.74 Å². The van der Waals surface area contributed by atoms with E-state index in [1.165, 1.54) is 59.2 Å². The summed E-state index contributed by atoms with van der Waals surface area (Å²) >= 11 is 0. The molecule has 0 aromatic heterocycles. The summed E-state index contributed by atoms with van der Waals surface area (Å²) < 4.78 is 9.50. The molecule has 0 amide bonds. The van der Waals surface area contributed by atoms with E-state index in [1.807, 2.05) is 0 Å². The molecule has 0 radical (unpaired) electrons. The van der Waals surface area contributed by atoms with E-state index in [0.717, 1.165) is 25.7 Å². The fourth-order valence-electron chi connectivity index (χ4n) is 3.02. The molecule has 1 unspecified atom stereocenters. The van der Waals surface area contributed by atoms with Crippen molar-refractivity contribution in [2.24, 2.45) is 11.8 Å². The summed E-state index contributed by atoms with van der Waals surface area (Å²) in [5, 5.41) is 0. The zero-order valence-corrected chi connectivity index (χ0v) is 16.3. The zero-order valence-electron chi connectivity index (χ0n) is 16.3. The maximum atomic E-state index is 11.7. The highest BCUT2D eigenvalue weighted by Crippen LogP contribution is 2.21. The number of rotatable bonds is 15. The molecule has 0 aromatic carbocycles. The summed E-state index contributed by atoms with van der Waals surface area (Å²) in [6.45, 7) is 4.18. The average Bonchev–Trinajstić information content (AvgIpc) is 2.57. The summed E-state index contributed by atoms with van der Waals surface area (Å²) in [4.78, 5) is 22.6. The normalized spacial score (nSPS) is 12.2. The van der Waals surface area contributed by atoms with Gasteiger partial charge in [0.05, 0.1) is 20.1 Å². The highest BCUT2D eigenvalue weighted by Gasteiger charge is 2.21. The summed E-state index contributed by atoms with van der Waals surface area (Å²) in [6, 6.07) is 0. The molecule has 0 saturated carbocycles. The maximum Gasteiger partial charge on any atom is 0.308 e. The number of hydrogen-bond acceptors (Lipinski definition) is 4. The predicted octanol–water partition coefficient (Wildman–Crippen LogP) is 5.29. The number of esters is 2. The lowest BCUT2D eigenvalue weighted by Gasteiger charge is -2.17. The number of ether oxygens (including phenoxy) is 2. The summed E-state index contributed by atoms with van der Waals surface area (Å²) in [5.41, 5.74) is 0. The third-order valence-corrected chi connectivity index (χ3v) is 4.68. The number of hydrogen-bond donors (Lipinski definition) is 0. The molecule has 0 N–H and O–H groups in total. The van der Waals surface area contributed by atoms with Crippen molar-refractivity contribution in [1.82, 2.24) is 0 Å². The Morgan fingerprint density at radius 3 is 1.58 bits per heavy atom. The third kappa shape index (κ3) is 12.4. The van der Waals surface area contributed by atoms with Gasteiger partial charge in [-0.15, -0.1) is 0 Å². The van der Waals surface area contributed by atoms with Crippen LogP contribution in [0, 0.1) is 11.8 Å². The van der Waals surface area contributed by atoms with Crippen LogP contribution in [0.3, 0.4) is 0 Å². The Morgan fingerprint density at radius 1 is 0.708 bits per heavy atom. The lowest BCUT2D eigenvalue weighted by Crippen LogP contribution is -2.21. The second kappa shape index (κ2) is 15.5. The zero-order chi connectivity index (χ0) is 18.2. The molecule has 0 fully saturated rings. The van der Waals surface area contributed by atoms with E-state index in [0.29, 0.717) is 12.3 Å². The van der Waals surface area contributed by atoms with Crippen molar-refractivity contribution in [3.05, 3.63) is 0 Å². The van der Waals surface area contributed by atoms with Gasteiger partial charge in [-0.05, 0) is 18.8 Å². The molecular formula is C20H38O4. The first-order chi connectivity index (χ1) is 11.5. The van der Waals surface area contributed by atoms with Crippen LogP contribution in [-0.4, -0.2) is 26.2 Å². The van der Waals surface area contributed by atoms with Crippen molar-refractivity contribution in [1.29, 1.82) is 0 Å². The van der Waals surface area contributed by atoms with E-state index < -0.39 is 0 Å². The SMILES string of the molecule is COC(=O)CCCCCCCCCCCCC(C(=O)OC)C(C)C. The van der Waals surface area contributed by atoms with E-state index in [9.17, 15) is 9.59 Å². The van der Waals surface area contributed by atoms with Crippen LogP contribution in [0.15, 0.2) is 0 Å². The molecule has 4 heteroatoms. The van der Waals surface area contributed by atoms with Crippen molar-refractivity contribution >= 4 is 11.9 Å². The standard InChI is InChI=1S/C20H38O4/c1-17(2)18(20(22)24-4)15-13-11-9-7-5-6-8-10-12-14-16-19(21)23-3/h17-18H,5-16H2,1-4H3. The van der Waals surface area contributed by atoms with E-state index in [-0.39, 0.29) is 17.9 Å². The average molecular weight is 343 g/mol. The molecule has 24 heavy (non-hydrogen) atoms. The van der Waals surface area contributed by atoms with Gasteiger partial charge in [-0.1, -0.05) is 71.6 Å². The van der Waals surface area contributed by atoms with Gasteiger partial charge < -0.3 is 9.47 Å². The number of methoxy groups -OCH3 is 2. The minimum absolute atomic E-state index is 0.0555. The molecule has 0 heterocycles. The Kier molecular flexibility index (Phi) is 14.8. The van der Waals surface area contributed by atoms with Gasteiger partial charge in [-0.3, -0.25) is 9.59 Å². The fraction of sp³-hybridized carbons (Fsp3) is 0.900. The first kappa shape index (κ1) is 22.9. The number of unbranched alkanes of at least 4 members (excludes halogenated alkanes) is 9. The van der Waals surface area contributed by atoms with Gasteiger partial charge in [-0.25, -0.2) is 0 Å². The minimum atomic E-state index is -0.0955. The summed E-state index contributed by atoms with van der Waals surface area (Å²) in [7, 11) is 2.92. The highest BCUT2D eigenvalue weighted by molar-refractivity contribution is 5.72. The second-order valence-corrected chi connectivity index (χ2v) is 7.02. The summed E-state index contributed by atoms with van der Waals surface area (Å²) in [6.07, 6.45) is 13.5.